The molecule has 0 aliphatic heterocycles. The number of carbonyl (C=O) groups excluding carboxylic acids is 1. The number of hydrogen-bond donors (Lipinski definition) is 2. The number of amides is 1. The maximum Gasteiger partial charge on any atom is 0.283 e. The maximum atomic E-state index is 12.0. The van der Waals surface area contributed by atoms with Gasteiger partial charge in [-0.25, -0.2) is 10.4 Å². The van der Waals surface area contributed by atoms with Crippen LogP contribution in [0.2, 0.25) is 0 Å². The van der Waals surface area contributed by atoms with E-state index in [4.69, 9.17) is 15.2 Å². The molecule has 0 aliphatic carbocycles. The van der Waals surface area contributed by atoms with E-state index in [2.05, 4.69) is 31.4 Å². The second-order valence-corrected chi connectivity index (χ2v) is 6.34. The lowest BCUT2D eigenvalue weighted by Crippen LogP contribution is -2.17. The van der Waals surface area contributed by atoms with Gasteiger partial charge in [0.25, 0.3) is 5.91 Å². The van der Waals surface area contributed by atoms with E-state index >= 15 is 0 Å². The Balaban J connectivity index is 2.19. The monoisotopic (exact) mass is 398 g/mol. The van der Waals surface area contributed by atoms with Gasteiger partial charge in [-0.05, 0) is 19.1 Å². The van der Waals surface area contributed by atoms with Crippen LogP contribution in [0.3, 0.4) is 0 Å². The van der Waals surface area contributed by atoms with Gasteiger partial charge < -0.3 is 15.2 Å². The Hall–Kier alpha value is -2.13. The van der Waals surface area contributed by atoms with Crippen molar-refractivity contribution in [2.45, 2.75) is 6.92 Å². The number of anilines is 1. The molecular weight excluding hydrogens is 384 g/mol. The Labute approximate surface area is 145 Å². The number of thiazole rings is 1. The van der Waals surface area contributed by atoms with E-state index in [9.17, 15) is 4.79 Å². The lowest BCUT2D eigenvalue weighted by Gasteiger charge is -2.10. The molecule has 2 rings (SSSR count). The van der Waals surface area contributed by atoms with Crippen LogP contribution in [0.1, 0.15) is 20.9 Å². The van der Waals surface area contributed by atoms with E-state index in [-0.39, 0.29) is 5.91 Å². The van der Waals surface area contributed by atoms with Crippen LogP contribution < -0.4 is 20.6 Å². The Morgan fingerprint density at radius 1 is 1.43 bits per heavy atom. The summed E-state index contributed by atoms with van der Waals surface area (Å²) in [6.45, 7) is 1.72. The largest absolute Gasteiger partial charge is 0.493 e. The third-order valence-corrected chi connectivity index (χ3v) is 4.30. The predicted molar refractivity (Wildman–Crippen MR) is 93.6 cm³/mol. The maximum absolute atomic E-state index is 12.0. The molecule has 9 heteroatoms. The molecule has 0 saturated carbocycles. The standard InChI is InChI=1S/C14H15BrN4O3S/c1-7-12(23-14(16)18-7)13(20)19-17-6-8-4-9(15)5-10(21-2)11(8)22-3/h4-6H,1-3H3,(H2,16,18)(H,19,20)/b17-6-. The first-order valence-electron chi connectivity index (χ1n) is 6.44. The predicted octanol–water partition coefficient (Wildman–Crippen LogP) is 2.58. The van der Waals surface area contributed by atoms with Crippen molar-refractivity contribution in [1.29, 1.82) is 0 Å². The topological polar surface area (TPSA) is 98.8 Å². The number of rotatable bonds is 5. The van der Waals surface area contributed by atoms with Gasteiger partial charge in [-0.1, -0.05) is 27.3 Å². The zero-order chi connectivity index (χ0) is 17.0. The third-order valence-electron chi connectivity index (χ3n) is 2.86. The minimum atomic E-state index is -0.367. The summed E-state index contributed by atoms with van der Waals surface area (Å²) in [6.07, 6.45) is 1.48. The Bertz CT molecular complexity index is 761. The lowest BCUT2D eigenvalue weighted by molar-refractivity contribution is 0.0958. The number of nitrogens with one attached hydrogen (secondary N) is 1. The van der Waals surface area contributed by atoms with E-state index in [1.165, 1.54) is 13.3 Å². The lowest BCUT2D eigenvalue weighted by atomic mass is 10.2. The molecule has 1 aromatic heterocycles. The van der Waals surface area contributed by atoms with Crippen molar-refractivity contribution in [2.75, 3.05) is 20.0 Å². The van der Waals surface area contributed by atoms with Crippen LogP contribution in [0.15, 0.2) is 21.7 Å². The Kier molecular flexibility index (Phi) is 5.56. The number of halogens is 1. The number of carbonyl (C=O) groups is 1. The van der Waals surface area contributed by atoms with Gasteiger partial charge in [0.15, 0.2) is 16.6 Å². The molecular formula is C14H15BrN4O3S. The van der Waals surface area contributed by atoms with E-state index in [1.807, 2.05) is 0 Å². The van der Waals surface area contributed by atoms with Crippen molar-refractivity contribution in [2.24, 2.45) is 5.10 Å². The zero-order valence-corrected chi connectivity index (χ0v) is 15.1. The summed E-state index contributed by atoms with van der Waals surface area (Å²) >= 11 is 4.50. The van der Waals surface area contributed by atoms with Crippen LogP contribution in [0, 0.1) is 6.92 Å². The summed E-state index contributed by atoms with van der Waals surface area (Å²) in [5.41, 5.74) is 9.24. The number of ether oxygens (including phenoxy) is 2. The molecule has 1 amide bonds. The molecule has 3 N–H and O–H groups in total. The summed E-state index contributed by atoms with van der Waals surface area (Å²) in [5, 5.41) is 4.29. The van der Waals surface area contributed by atoms with Crippen LogP contribution in [-0.4, -0.2) is 31.3 Å². The van der Waals surface area contributed by atoms with Gasteiger partial charge in [0.1, 0.15) is 4.88 Å². The number of methoxy groups -OCH3 is 2. The molecule has 0 spiro atoms. The number of nitrogen functional groups attached to an aromatic ring is 1. The van der Waals surface area contributed by atoms with E-state index in [1.54, 1.807) is 26.2 Å². The number of benzene rings is 1. The SMILES string of the molecule is COc1cc(Br)cc(/C=N\NC(=O)c2sc(N)nc2C)c1OC. The molecule has 2 aromatic rings. The van der Waals surface area contributed by atoms with Gasteiger partial charge in [-0.3, -0.25) is 4.79 Å². The second-order valence-electron chi connectivity index (χ2n) is 4.40. The van der Waals surface area contributed by atoms with Crippen molar-refractivity contribution < 1.29 is 14.3 Å². The van der Waals surface area contributed by atoms with Gasteiger partial charge in [-0.2, -0.15) is 5.10 Å². The van der Waals surface area contributed by atoms with Gasteiger partial charge in [0, 0.05) is 10.0 Å². The molecule has 1 heterocycles. The summed E-state index contributed by atoms with van der Waals surface area (Å²) < 4.78 is 11.4. The molecule has 122 valence electrons. The number of nitrogens with zero attached hydrogens (tertiary/aromatic N) is 2. The highest BCUT2D eigenvalue weighted by Gasteiger charge is 2.14. The highest BCUT2D eigenvalue weighted by Crippen LogP contribution is 2.33. The number of aryl methyl sites for hydroxylation is 1. The summed E-state index contributed by atoms with van der Waals surface area (Å²) in [6, 6.07) is 3.57. The van der Waals surface area contributed by atoms with E-state index in [0.717, 1.165) is 15.8 Å². The van der Waals surface area contributed by atoms with Crippen molar-refractivity contribution in [3.05, 3.63) is 32.7 Å². The average Bonchev–Trinajstić information content (AvgIpc) is 2.85. The fourth-order valence-electron chi connectivity index (χ4n) is 1.89. The minimum Gasteiger partial charge on any atom is -0.493 e. The zero-order valence-electron chi connectivity index (χ0n) is 12.7. The fourth-order valence-corrected chi connectivity index (χ4v) is 3.07. The van der Waals surface area contributed by atoms with E-state index in [0.29, 0.717) is 32.8 Å². The second kappa shape index (κ2) is 7.42. The molecule has 7 nitrogen and oxygen atoms in total. The highest BCUT2D eigenvalue weighted by atomic mass is 79.9. The van der Waals surface area contributed by atoms with Crippen LogP contribution >= 0.6 is 27.3 Å². The highest BCUT2D eigenvalue weighted by molar-refractivity contribution is 9.10. The average molecular weight is 399 g/mol. The first-order chi connectivity index (χ1) is 11.0. The van der Waals surface area contributed by atoms with Crippen molar-refractivity contribution >= 4 is 44.5 Å². The first kappa shape index (κ1) is 17.2. The molecule has 0 fully saturated rings. The third kappa shape index (κ3) is 3.99. The Morgan fingerprint density at radius 3 is 2.74 bits per heavy atom. The van der Waals surface area contributed by atoms with E-state index < -0.39 is 0 Å². The van der Waals surface area contributed by atoms with Crippen molar-refractivity contribution in [3.8, 4) is 11.5 Å². The number of aromatic nitrogens is 1. The fraction of sp³-hybridized carbons (Fsp3) is 0.214. The van der Waals surface area contributed by atoms with Crippen LogP contribution in [-0.2, 0) is 0 Å². The Morgan fingerprint density at radius 2 is 2.17 bits per heavy atom. The summed E-state index contributed by atoms with van der Waals surface area (Å²) in [7, 11) is 3.08. The molecule has 0 bridgehead atoms. The van der Waals surface area contributed by atoms with Crippen LogP contribution in [0.25, 0.3) is 0 Å². The van der Waals surface area contributed by atoms with Gasteiger partial charge >= 0.3 is 0 Å². The summed E-state index contributed by atoms with van der Waals surface area (Å²) in [5.74, 6) is 0.710. The van der Waals surface area contributed by atoms with Gasteiger partial charge in [-0.15, -0.1) is 0 Å². The van der Waals surface area contributed by atoms with Crippen molar-refractivity contribution in [3.63, 3.8) is 0 Å². The molecule has 0 saturated heterocycles. The quantitative estimate of drug-likeness (QED) is 0.595. The normalized spacial score (nSPS) is 10.8. The summed E-state index contributed by atoms with van der Waals surface area (Å²) in [4.78, 5) is 16.5. The molecule has 0 atom stereocenters. The van der Waals surface area contributed by atoms with Gasteiger partial charge in [0.2, 0.25) is 0 Å². The molecule has 0 unspecified atom stereocenters. The number of nitrogens with two attached hydrogens (primary N) is 1. The van der Waals surface area contributed by atoms with Gasteiger partial charge in [0.05, 0.1) is 26.1 Å². The molecule has 0 aliphatic rings. The van der Waals surface area contributed by atoms with Crippen LogP contribution in [0.4, 0.5) is 5.13 Å². The smallest absolute Gasteiger partial charge is 0.283 e. The minimum absolute atomic E-state index is 0.343. The van der Waals surface area contributed by atoms with Crippen LogP contribution in [0.5, 0.6) is 11.5 Å². The first-order valence-corrected chi connectivity index (χ1v) is 8.05. The molecule has 23 heavy (non-hydrogen) atoms. The molecule has 1 aromatic carbocycles. The number of hydrogen-bond acceptors (Lipinski definition) is 7. The molecule has 0 radical (unpaired) electrons. The number of hydrazone groups is 1. The van der Waals surface area contributed by atoms with Crippen molar-refractivity contribution in [1.82, 2.24) is 10.4 Å².